The number of halogens is 1. The van der Waals surface area contributed by atoms with Crippen LogP contribution in [0.15, 0.2) is 46.9 Å². The Morgan fingerprint density at radius 2 is 1.44 bits per heavy atom. The Kier molecular flexibility index (Phi) is 7.13. The molecule has 1 N–H and O–H groups in total. The molecular formula is C22H29BrN2OSi. The molecule has 3 nitrogen and oxygen atoms in total. The Balaban J connectivity index is 2.34. The predicted molar refractivity (Wildman–Crippen MR) is 120 cm³/mol. The van der Waals surface area contributed by atoms with E-state index < -0.39 is 8.32 Å². The van der Waals surface area contributed by atoms with Crippen molar-refractivity contribution >= 4 is 35.6 Å². The lowest BCUT2D eigenvalue weighted by Crippen LogP contribution is -2.50. The first-order valence-electron chi connectivity index (χ1n) is 9.45. The van der Waals surface area contributed by atoms with E-state index in [0.717, 1.165) is 21.6 Å². The topological polar surface area (TPSA) is 45.0 Å². The van der Waals surface area contributed by atoms with Crippen molar-refractivity contribution in [3.8, 4) is 11.8 Å². The van der Waals surface area contributed by atoms with Crippen LogP contribution in [0.3, 0.4) is 0 Å². The average molecular weight is 445 g/mol. The summed E-state index contributed by atoms with van der Waals surface area (Å²) in [4.78, 5) is 0. The van der Waals surface area contributed by atoms with Gasteiger partial charge in [0.15, 0.2) is 0 Å². The second-order valence-electron chi connectivity index (χ2n) is 7.91. The molecule has 0 fully saturated rings. The van der Waals surface area contributed by atoms with Gasteiger partial charge in [-0.3, -0.25) is 0 Å². The fourth-order valence-corrected chi connectivity index (χ4v) is 9.75. The van der Waals surface area contributed by atoms with Crippen LogP contribution in [0.1, 0.15) is 47.1 Å². The van der Waals surface area contributed by atoms with Gasteiger partial charge in [-0.1, -0.05) is 57.5 Å². The van der Waals surface area contributed by atoms with Gasteiger partial charge in [-0.05, 0) is 53.0 Å². The van der Waals surface area contributed by atoms with Gasteiger partial charge in [0.2, 0.25) is 0 Å². The Labute approximate surface area is 173 Å². The van der Waals surface area contributed by atoms with Gasteiger partial charge in [-0.25, -0.2) is 0 Å². The molecule has 2 aromatic rings. The minimum Gasteiger partial charge on any atom is -0.543 e. The maximum Gasteiger partial charge on any atom is 0.258 e. The molecule has 0 radical (unpaired) electrons. The zero-order valence-corrected chi connectivity index (χ0v) is 19.6. The van der Waals surface area contributed by atoms with Gasteiger partial charge in [-0.15, -0.1) is 0 Å². The minimum absolute atomic E-state index is 0.520. The molecule has 0 aromatic heterocycles. The maximum atomic E-state index is 8.94. The summed E-state index contributed by atoms with van der Waals surface area (Å²) in [7, 11) is -2.00. The van der Waals surface area contributed by atoms with Gasteiger partial charge < -0.3 is 9.74 Å². The van der Waals surface area contributed by atoms with Crippen LogP contribution in [-0.2, 0) is 0 Å². The number of nitrogens with zero attached hydrogens (tertiary/aromatic N) is 1. The second kappa shape index (κ2) is 8.94. The quantitative estimate of drug-likeness (QED) is 0.446. The average Bonchev–Trinajstić information content (AvgIpc) is 2.59. The molecule has 0 atom stereocenters. The Morgan fingerprint density at radius 1 is 0.889 bits per heavy atom. The first kappa shape index (κ1) is 21.5. The van der Waals surface area contributed by atoms with E-state index in [1.165, 1.54) is 0 Å². The number of nitriles is 1. The first-order valence-corrected chi connectivity index (χ1v) is 12.4. The SMILES string of the molecule is CC(C)[Si](Oc1cc(Br)cc(Nc2ccc(C#N)cc2)c1)(C(C)C)C(C)C. The highest BCUT2D eigenvalue weighted by Gasteiger charge is 2.47. The Bertz CT molecular complexity index is 788. The summed E-state index contributed by atoms with van der Waals surface area (Å²) in [5, 5.41) is 12.4. The molecule has 27 heavy (non-hydrogen) atoms. The van der Waals surface area contributed by atoms with Crippen molar-refractivity contribution in [2.45, 2.75) is 58.2 Å². The van der Waals surface area contributed by atoms with Crippen LogP contribution in [0.5, 0.6) is 5.75 Å². The number of anilines is 2. The number of benzene rings is 2. The van der Waals surface area contributed by atoms with Gasteiger partial charge >= 0.3 is 0 Å². The van der Waals surface area contributed by atoms with Gasteiger partial charge in [0.25, 0.3) is 8.32 Å². The third kappa shape index (κ3) is 4.94. The normalized spacial score (nSPS) is 11.7. The van der Waals surface area contributed by atoms with Crippen molar-refractivity contribution in [2.75, 3.05) is 5.32 Å². The molecule has 0 aliphatic heterocycles. The molecule has 2 rings (SSSR count). The summed E-state index contributed by atoms with van der Waals surface area (Å²) in [6.07, 6.45) is 0. The number of hydrogen-bond acceptors (Lipinski definition) is 3. The monoisotopic (exact) mass is 444 g/mol. The Morgan fingerprint density at radius 3 is 1.93 bits per heavy atom. The van der Waals surface area contributed by atoms with Crippen LogP contribution in [-0.4, -0.2) is 8.32 Å². The minimum atomic E-state index is -2.00. The van der Waals surface area contributed by atoms with Crippen LogP contribution in [0.2, 0.25) is 16.6 Å². The molecule has 5 heteroatoms. The second-order valence-corrected chi connectivity index (χ2v) is 14.2. The van der Waals surface area contributed by atoms with Gasteiger partial charge in [-0.2, -0.15) is 5.26 Å². The molecule has 0 saturated heterocycles. The molecule has 0 amide bonds. The summed E-state index contributed by atoms with van der Waals surface area (Å²) >= 11 is 3.62. The highest BCUT2D eigenvalue weighted by atomic mass is 79.9. The number of nitrogens with one attached hydrogen (secondary N) is 1. The van der Waals surface area contributed by atoms with E-state index >= 15 is 0 Å². The molecule has 0 bridgehead atoms. The first-order chi connectivity index (χ1) is 12.7. The van der Waals surface area contributed by atoms with Crippen molar-refractivity contribution < 1.29 is 4.43 Å². The van der Waals surface area contributed by atoms with Crippen molar-refractivity contribution in [3.63, 3.8) is 0 Å². The summed E-state index contributed by atoms with van der Waals surface area (Å²) in [6, 6.07) is 15.7. The molecule has 0 heterocycles. The maximum absolute atomic E-state index is 8.94. The molecule has 0 saturated carbocycles. The molecule has 0 spiro atoms. The number of hydrogen-bond donors (Lipinski definition) is 1. The smallest absolute Gasteiger partial charge is 0.258 e. The lowest BCUT2D eigenvalue weighted by molar-refractivity contribution is 0.480. The zero-order valence-electron chi connectivity index (χ0n) is 17.0. The van der Waals surface area contributed by atoms with Crippen LogP contribution < -0.4 is 9.74 Å². The Hall–Kier alpha value is -1.77. The summed E-state index contributed by atoms with van der Waals surface area (Å²) in [5.74, 6) is 0.906. The van der Waals surface area contributed by atoms with Crippen molar-refractivity contribution in [1.29, 1.82) is 5.26 Å². The number of rotatable bonds is 7. The molecule has 0 aliphatic carbocycles. The summed E-state index contributed by atoms with van der Waals surface area (Å²) < 4.78 is 7.79. The molecule has 0 unspecified atom stereocenters. The van der Waals surface area contributed by atoms with Crippen LogP contribution in [0, 0.1) is 11.3 Å². The van der Waals surface area contributed by atoms with Crippen molar-refractivity contribution in [3.05, 3.63) is 52.5 Å². The molecule has 0 aliphatic rings. The van der Waals surface area contributed by atoms with E-state index in [9.17, 15) is 0 Å². The van der Waals surface area contributed by atoms with E-state index in [1.807, 2.05) is 30.3 Å². The zero-order chi connectivity index (χ0) is 20.2. The van der Waals surface area contributed by atoms with Gasteiger partial charge in [0.1, 0.15) is 5.75 Å². The van der Waals surface area contributed by atoms with E-state index in [4.69, 9.17) is 9.69 Å². The lowest BCUT2D eigenvalue weighted by atomic mass is 10.2. The van der Waals surface area contributed by atoms with E-state index in [1.54, 1.807) is 0 Å². The van der Waals surface area contributed by atoms with E-state index in [0.29, 0.717) is 22.2 Å². The van der Waals surface area contributed by atoms with Crippen LogP contribution in [0.4, 0.5) is 11.4 Å². The lowest BCUT2D eigenvalue weighted by Gasteiger charge is -2.42. The van der Waals surface area contributed by atoms with Crippen molar-refractivity contribution in [2.24, 2.45) is 0 Å². The standard InChI is InChI=1S/C22H29BrN2OSi/c1-15(2)27(16(3)4,17(5)6)26-22-12-19(23)11-21(13-22)25-20-9-7-18(14-24)8-10-20/h7-13,15-17,25H,1-6H3. The molecular weight excluding hydrogens is 416 g/mol. The van der Waals surface area contributed by atoms with E-state index in [-0.39, 0.29) is 0 Å². The third-order valence-electron chi connectivity index (χ3n) is 5.18. The third-order valence-corrected chi connectivity index (χ3v) is 11.6. The van der Waals surface area contributed by atoms with Crippen molar-refractivity contribution in [1.82, 2.24) is 0 Å². The van der Waals surface area contributed by atoms with Gasteiger partial charge in [0, 0.05) is 21.9 Å². The van der Waals surface area contributed by atoms with Gasteiger partial charge in [0.05, 0.1) is 11.6 Å². The fraction of sp³-hybridized carbons (Fsp3) is 0.409. The summed E-state index contributed by atoms with van der Waals surface area (Å²) in [5.41, 5.74) is 4.12. The largest absolute Gasteiger partial charge is 0.543 e. The predicted octanol–water partition coefficient (Wildman–Crippen LogP) is 7.62. The highest BCUT2D eigenvalue weighted by molar-refractivity contribution is 9.10. The molecule has 2 aromatic carbocycles. The summed E-state index contributed by atoms with van der Waals surface area (Å²) in [6.45, 7) is 13.8. The van der Waals surface area contributed by atoms with Crippen LogP contribution in [0.25, 0.3) is 0 Å². The van der Waals surface area contributed by atoms with E-state index in [2.05, 4.69) is 81.0 Å². The highest BCUT2D eigenvalue weighted by Crippen LogP contribution is 2.43. The van der Waals surface area contributed by atoms with Crippen LogP contribution >= 0.6 is 15.9 Å². The fourth-order valence-electron chi connectivity index (χ4n) is 4.05. The molecule has 144 valence electrons.